The zero-order valence-electron chi connectivity index (χ0n) is 12.0. The number of rotatable bonds is 5. The molecule has 2 rings (SSSR count). The summed E-state index contributed by atoms with van der Waals surface area (Å²) in [4.78, 5) is 33.5. The van der Waals surface area contributed by atoms with Gasteiger partial charge >= 0.3 is 5.97 Å². The minimum absolute atomic E-state index is 0.111. The highest BCUT2D eigenvalue weighted by Gasteiger charge is 2.13. The molecule has 0 aliphatic heterocycles. The van der Waals surface area contributed by atoms with E-state index in [1.54, 1.807) is 18.2 Å². The van der Waals surface area contributed by atoms with Gasteiger partial charge in [0.1, 0.15) is 0 Å². The summed E-state index contributed by atoms with van der Waals surface area (Å²) in [5, 5.41) is 13.5. The van der Waals surface area contributed by atoms with Gasteiger partial charge in [-0.1, -0.05) is 11.6 Å². The van der Waals surface area contributed by atoms with Crippen molar-refractivity contribution in [3.8, 4) is 0 Å². The fraction of sp³-hybridized carbons (Fsp3) is 0.0667. The van der Waals surface area contributed by atoms with Crippen LogP contribution in [0, 0.1) is 10.1 Å². The van der Waals surface area contributed by atoms with Crippen molar-refractivity contribution in [1.82, 2.24) is 0 Å². The second-order valence-electron chi connectivity index (χ2n) is 4.56. The lowest BCUT2D eigenvalue weighted by atomic mass is 10.2. The number of ether oxygens (including phenoxy) is 1. The number of nitro benzene ring substituents is 1. The number of nitro groups is 1. The molecule has 0 bridgehead atoms. The maximum atomic E-state index is 11.8. The largest absolute Gasteiger partial charge is 0.452 e. The molecular formula is C15H10BrClN2O5. The van der Waals surface area contributed by atoms with Gasteiger partial charge in [0.05, 0.1) is 15.5 Å². The monoisotopic (exact) mass is 412 g/mol. The smallest absolute Gasteiger partial charge is 0.338 e. The molecule has 2 aromatic carbocycles. The normalized spacial score (nSPS) is 10.1. The number of benzene rings is 2. The molecule has 0 heterocycles. The zero-order valence-corrected chi connectivity index (χ0v) is 14.3. The van der Waals surface area contributed by atoms with Crippen LogP contribution < -0.4 is 5.32 Å². The second-order valence-corrected chi connectivity index (χ2v) is 5.82. The molecule has 0 saturated heterocycles. The average molecular weight is 414 g/mol. The van der Waals surface area contributed by atoms with E-state index < -0.39 is 23.4 Å². The van der Waals surface area contributed by atoms with Crippen LogP contribution in [-0.2, 0) is 9.53 Å². The van der Waals surface area contributed by atoms with Crippen LogP contribution in [0.5, 0.6) is 0 Å². The summed E-state index contributed by atoms with van der Waals surface area (Å²) in [6, 6.07) is 9.72. The van der Waals surface area contributed by atoms with E-state index in [9.17, 15) is 19.7 Å². The molecular weight excluding hydrogens is 404 g/mol. The Labute approximate surface area is 149 Å². The van der Waals surface area contributed by atoms with Crippen molar-refractivity contribution in [2.45, 2.75) is 0 Å². The van der Waals surface area contributed by atoms with E-state index in [4.69, 9.17) is 16.3 Å². The Balaban J connectivity index is 1.89. The van der Waals surface area contributed by atoms with Crippen molar-refractivity contribution < 1.29 is 19.2 Å². The van der Waals surface area contributed by atoms with Crippen LogP contribution >= 0.6 is 27.5 Å². The third kappa shape index (κ3) is 4.77. The van der Waals surface area contributed by atoms with Gasteiger partial charge in [-0.25, -0.2) is 4.79 Å². The number of anilines is 1. The molecule has 0 aromatic heterocycles. The summed E-state index contributed by atoms with van der Waals surface area (Å²) >= 11 is 9.14. The number of hydrogen-bond acceptors (Lipinski definition) is 5. The first-order valence-electron chi connectivity index (χ1n) is 6.53. The average Bonchev–Trinajstić information content (AvgIpc) is 2.56. The first-order valence-corrected chi connectivity index (χ1v) is 7.70. The van der Waals surface area contributed by atoms with Crippen LogP contribution in [0.25, 0.3) is 0 Å². The molecule has 9 heteroatoms. The summed E-state index contributed by atoms with van der Waals surface area (Å²) in [5.74, 6) is -1.29. The van der Waals surface area contributed by atoms with Gasteiger partial charge < -0.3 is 10.1 Å². The zero-order chi connectivity index (χ0) is 17.7. The highest BCUT2D eigenvalue weighted by molar-refractivity contribution is 9.10. The number of amides is 1. The van der Waals surface area contributed by atoms with Gasteiger partial charge in [0.25, 0.3) is 11.6 Å². The van der Waals surface area contributed by atoms with Gasteiger partial charge in [-0.05, 0) is 46.3 Å². The van der Waals surface area contributed by atoms with Crippen molar-refractivity contribution >= 4 is 50.8 Å². The molecule has 0 aliphatic rings. The van der Waals surface area contributed by atoms with E-state index in [2.05, 4.69) is 21.2 Å². The Morgan fingerprint density at radius 2 is 1.88 bits per heavy atom. The number of carbonyl (C=O) groups excluding carboxylic acids is 2. The van der Waals surface area contributed by atoms with E-state index in [0.717, 1.165) is 0 Å². The van der Waals surface area contributed by atoms with Crippen LogP contribution in [-0.4, -0.2) is 23.4 Å². The van der Waals surface area contributed by atoms with Crippen LogP contribution in [0.3, 0.4) is 0 Å². The van der Waals surface area contributed by atoms with Gasteiger partial charge in [0, 0.05) is 22.3 Å². The summed E-state index contributed by atoms with van der Waals surface area (Å²) in [5.41, 5.74) is 0.427. The lowest BCUT2D eigenvalue weighted by Gasteiger charge is -2.07. The lowest BCUT2D eigenvalue weighted by Crippen LogP contribution is -2.20. The molecule has 0 unspecified atom stereocenters. The summed E-state index contributed by atoms with van der Waals surface area (Å²) < 4.78 is 5.54. The van der Waals surface area contributed by atoms with E-state index >= 15 is 0 Å². The van der Waals surface area contributed by atoms with Crippen LogP contribution in [0.4, 0.5) is 11.4 Å². The second kappa shape index (κ2) is 7.89. The molecule has 0 radical (unpaired) electrons. The van der Waals surface area contributed by atoms with Gasteiger partial charge in [-0.15, -0.1) is 0 Å². The Kier molecular flexibility index (Phi) is 5.88. The predicted octanol–water partition coefficient (Wildman–Crippen LogP) is 3.81. The molecule has 0 saturated carbocycles. The highest BCUT2D eigenvalue weighted by atomic mass is 79.9. The fourth-order valence-electron chi connectivity index (χ4n) is 1.70. The topological polar surface area (TPSA) is 98.5 Å². The molecule has 2 aromatic rings. The number of hydrogen-bond donors (Lipinski definition) is 1. The molecule has 0 spiro atoms. The number of non-ortho nitro benzene ring substituents is 1. The third-order valence-electron chi connectivity index (χ3n) is 2.85. The molecule has 0 fully saturated rings. The van der Waals surface area contributed by atoms with Gasteiger partial charge in [-0.3, -0.25) is 14.9 Å². The van der Waals surface area contributed by atoms with Crippen LogP contribution in [0.15, 0.2) is 46.9 Å². The number of nitrogens with zero attached hydrogens (tertiary/aromatic N) is 1. The summed E-state index contributed by atoms with van der Waals surface area (Å²) in [6.45, 7) is -0.497. The lowest BCUT2D eigenvalue weighted by molar-refractivity contribution is -0.384. The first-order chi connectivity index (χ1) is 11.4. The van der Waals surface area contributed by atoms with Crippen molar-refractivity contribution in [2.75, 3.05) is 11.9 Å². The fourth-order valence-corrected chi connectivity index (χ4v) is 2.13. The van der Waals surface area contributed by atoms with Crippen molar-refractivity contribution in [3.05, 3.63) is 67.6 Å². The van der Waals surface area contributed by atoms with E-state index in [-0.39, 0.29) is 11.3 Å². The first kappa shape index (κ1) is 17.9. The van der Waals surface area contributed by atoms with Crippen molar-refractivity contribution in [2.24, 2.45) is 0 Å². The molecule has 0 atom stereocenters. The molecule has 24 heavy (non-hydrogen) atoms. The SMILES string of the molecule is O=C(COC(=O)c1ccc([N+](=O)[O-])cc1)Nc1ccc(Br)c(Cl)c1. The maximum Gasteiger partial charge on any atom is 0.338 e. The van der Waals surface area contributed by atoms with Crippen molar-refractivity contribution in [1.29, 1.82) is 0 Å². The minimum Gasteiger partial charge on any atom is -0.452 e. The molecule has 0 aliphatic carbocycles. The Bertz CT molecular complexity index is 795. The third-order valence-corrected chi connectivity index (χ3v) is 4.08. The molecule has 7 nitrogen and oxygen atoms in total. The van der Waals surface area contributed by atoms with Crippen molar-refractivity contribution in [3.63, 3.8) is 0 Å². The molecule has 1 N–H and O–H groups in total. The maximum absolute atomic E-state index is 11.8. The van der Waals surface area contributed by atoms with E-state index in [0.29, 0.717) is 15.2 Å². The van der Waals surface area contributed by atoms with E-state index in [1.165, 1.54) is 24.3 Å². The van der Waals surface area contributed by atoms with E-state index in [1.807, 2.05) is 0 Å². The Morgan fingerprint density at radius 3 is 2.46 bits per heavy atom. The Morgan fingerprint density at radius 1 is 1.21 bits per heavy atom. The van der Waals surface area contributed by atoms with Gasteiger partial charge in [-0.2, -0.15) is 0 Å². The van der Waals surface area contributed by atoms with Gasteiger partial charge in [0.2, 0.25) is 0 Å². The van der Waals surface area contributed by atoms with Crippen LogP contribution in [0.1, 0.15) is 10.4 Å². The van der Waals surface area contributed by atoms with Crippen LogP contribution in [0.2, 0.25) is 5.02 Å². The standard InChI is InChI=1S/C15H10BrClN2O5/c16-12-6-3-10(7-13(12)17)18-14(20)8-24-15(21)9-1-4-11(5-2-9)19(22)23/h1-7H,8H2,(H,18,20). The quantitative estimate of drug-likeness (QED) is 0.456. The molecule has 1 amide bonds. The number of esters is 1. The highest BCUT2D eigenvalue weighted by Crippen LogP contribution is 2.25. The predicted molar refractivity (Wildman–Crippen MR) is 91.2 cm³/mol. The summed E-state index contributed by atoms with van der Waals surface area (Å²) in [7, 11) is 0. The summed E-state index contributed by atoms with van der Waals surface area (Å²) in [6.07, 6.45) is 0. The molecule has 124 valence electrons. The minimum atomic E-state index is -0.756. The van der Waals surface area contributed by atoms with Gasteiger partial charge in [0.15, 0.2) is 6.61 Å². The Hall–Kier alpha value is -2.45. The number of halogens is 2. The number of nitrogens with one attached hydrogen (secondary N) is 1. The number of carbonyl (C=O) groups is 2.